The SMILES string of the molecule is CCCN1C(=O)C2NC(C34CC5CC3C[C@@H](C5)C4)NC2N(CCC)C1=O. The van der Waals surface area contributed by atoms with Gasteiger partial charge in [-0.2, -0.15) is 0 Å². The number of nitrogens with one attached hydrogen (secondary N) is 2. The molecule has 2 aliphatic heterocycles. The Kier molecular flexibility index (Phi) is 3.87. The Labute approximate surface area is 156 Å². The van der Waals surface area contributed by atoms with Crippen LogP contribution in [0.5, 0.6) is 0 Å². The van der Waals surface area contributed by atoms with Crippen LogP contribution in [-0.2, 0) is 4.79 Å². The lowest BCUT2D eigenvalue weighted by Gasteiger charge is -2.41. The van der Waals surface area contributed by atoms with Crippen LogP contribution >= 0.6 is 0 Å². The second kappa shape index (κ2) is 5.93. The molecule has 3 amide bonds. The van der Waals surface area contributed by atoms with Crippen LogP contribution in [0, 0.1) is 23.2 Å². The zero-order valence-electron chi connectivity index (χ0n) is 16.0. The van der Waals surface area contributed by atoms with E-state index < -0.39 is 0 Å². The standard InChI is InChI=1S/C20H32N4O2/c1-3-5-23-16-15(17(25)24(6-4-2)19(23)26)21-18(22-16)20-10-12-7-13(11-20)9-14(20)8-12/h12-16,18,21-22H,3-11H2,1-2H3/t12-,13?,14?,15?,16?,18?,20?/m1/s1. The molecule has 4 bridgehead atoms. The van der Waals surface area contributed by atoms with Crippen molar-refractivity contribution >= 4 is 11.9 Å². The molecule has 4 aliphatic carbocycles. The van der Waals surface area contributed by atoms with Gasteiger partial charge < -0.3 is 4.90 Å². The number of amides is 3. The van der Waals surface area contributed by atoms with Gasteiger partial charge in [0, 0.05) is 18.5 Å². The molecule has 0 radical (unpaired) electrons. The largest absolute Gasteiger partial charge is 0.328 e. The third-order valence-electron chi connectivity index (χ3n) is 7.88. The lowest BCUT2D eigenvalue weighted by Crippen LogP contribution is -2.67. The lowest BCUT2D eigenvalue weighted by atomic mass is 9.73. The molecule has 6 rings (SSSR count). The quantitative estimate of drug-likeness (QED) is 0.788. The van der Waals surface area contributed by atoms with Crippen LogP contribution in [0.15, 0.2) is 0 Å². The molecule has 6 aliphatic rings. The van der Waals surface area contributed by atoms with Gasteiger partial charge in [0.1, 0.15) is 12.2 Å². The molecule has 0 aromatic rings. The average Bonchev–Trinajstić information content (AvgIpc) is 3.24. The molecule has 144 valence electrons. The number of rotatable bonds is 5. The van der Waals surface area contributed by atoms with Gasteiger partial charge in [0.05, 0.1) is 6.17 Å². The van der Waals surface area contributed by atoms with E-state index in [4.69, 9.17) is 0 Å². The minimum Gasteiger partial charge on any atom is -0.307 e. The maximum Gasteiger partial charge on any atom is 0.328 e. The molecule has 0 aromatic carbocycles. The van der Waals surface area contributed by atoms with E-state index in [9.17, 15) is 9.59 Å². The van der Waals surface area contributed by atoms with E-state index in [0.29, 0.717) is 18.5 Å². The number of urea groups is 1. The molecule has 6 unspecified atom stereocenters. The van der Waals surface area contributed by atoms with E-state index in [1.54, 1.807) is 0 Å². The highest BCUT2D eigenvalue weighted by Gasteiger charge is 2.64. The number of carbonyl (C=O) groups is 2. The topological polar surface area (TPSA) is 64.7 Å². The van der Waals surface area contributed by atoms with Crippen molar-refractivity contribution in [2.24, 2.45) is 23.2 Å². The maximum absolute atomic E-state index is 13.1. The van der Waals surface area contributed by atoms with Crippen LogP contribution < -0.4 is 10.6 Å². The highest BCUT2D eigenvalue weighted by Crippen LogP contribution is 2.66. The Morgan fingerprint density at radius 1 is 1.00 bits per heavy atom. The molecule has 0 aromatic heterocycles. The second-order valence-electron chi connectivity index (χ2n) is 9.43. The van der Waals surface area contributed by atoms with Gasteiger partial charge in [0.15, 0.2) is 0 Å². The van der Waals surface area contributed by atoms with Gasteiger partial charge in [-0.05, 0) is 62.7 Å². The Morgan fingerprint density at radius 2 is 1.69 bits per heavy atom. The smallest absolute Gasteiger partial charge is 0.307 e. The summed E-state index contributed by atoms with van der Waals surface area (Å²) in [5.41, 5.74) is 0.307. The van der Waals surface area contributed by atoms with E-state index in [1.807, 2.05) is 11.8 Å². The zero-order valence-corrected chi connectivity index (χ0v) is 16.0. The number of hydrogen-bond donors (Lipinski definition) is 2. The monoisotopic (exact) mass is 360 g/mol. The maximum atomic E-state index is 13.1. The molecular weight excluding hydrogens is 328 g/mol. The molecule has 6 heteroatoms. The van der Waals surface area contributed by atoms with E-state index in [0.717, 1.165) is 30.6 Å². The molecule has 26 heavy (non-hydrogen) atoms. The predicted molar refractivity (Wildman–Crippen MR) is 98.0 cm³/mol. The molecule has 4 saturated carbocycles. The number of carbonyl (C=O) groups excluding carboxylic acids is 2. The van der Waals surface area contributed by atoms with Crippen molar-refractivity contribution in [3.05, 3.63) is 0 Å². The summed E-state index contributed by atoms with van der Waals surface area (Å²) in [5.74, 6) is 2.55. The minimum absolute atomic E-state index is 0.0293. The van der Waals surface area contributed by atoms with Crippen molar-refractivity contribution in [2.75, 3.05) is 13.1 Å². The number of hydrogen-bond acceptors (Lipinski definition) is 4. The molecule has 2 heterocycles. The third-order valence-corrected chi connectivity index (χ3v) is 7.88. The summed E-state index contributed by atoms with van der Waals surface area (Å²) in [5, 5.41) is 7.43. The summed E-state index contributed by atoms with van der Waals surface area (Å²) in [4.78, 5) is 29.4. The number of nitrogens with zero attached hydrogens (tertiary/aromatic N) is 2. The van der Waals surface area contributed by atoms with E-state index in [2.05, 4.69) is 17.6 Å². The molecule has 6 fully saturated rings. The van der Waals surface area contributed by atoms with Crippen LogP contribution in [0.3, 0.4) is 0 Å². The number of imide groups is 1. The van der Waals surface area contributed by atoms with Crippen molar-refractivity contribution in [2.45, 2.75) is 77.2 Å². The Hall–Kier alpha value is -1.14. The van der Waals surface area contributed by atoms with E-state index >= 15 is 0 Å². The summed E-state index contributed by atoms with van der Waals surface area (Å²) < 4.78 is 0. The van der Waals surface area contributed by atoms with Crippen molar-refractivity contribution in [3.63, 3.8) is 0 Å². The fourth-order valence-corrected chi connectivity index (χ4v) is 7.17. The molecule has 7 atom stereocenters. The fourth-order valence-electron chi connectivity index (χ4n) is 7.17. The summed E-state index contributed by atoms with van der Waals surface area (Å²) in [6, 6.07) is -0.395. The van der Waals surface area contributed by atoms with Gasteiger partial charge in [-0.1, -0.05) is 13.8 Å². The highest BCUT2D eigenvalue weighted by molar-refractivity contribution is 6.00. The summed E-state index contributed by atoms with van der Waals surface area (Å²) in [7, 11) is 0. The van der Waals surface area contributed by atoms with Gasteiger partial charge in [-0.15, -0.1) is 0 Å². The Balaban J connectivity index is 1.43. The average molecular weight is 361 g/mol. The highest BCUT2D eigenvalue weighted by atomic mass is 16.2. The normalized spacial score (nSPS) is 46.5. The van der Waals surface area contributed by atoms with Crippen LogP contribution in [0.2, 0.25) is 0 Å². The van der Waals surface area contributed by atoms with Crippen molar-refractivity contribution in [1.29, 1.82) is 0 Å². The second-order valence-corrected chi connectivity index (χ2v) is 9.43. The van der Waals surface area contributed by atoms with Crippen molar-refractivity contribution < 1.29 is 9.59 Å². The Morgan fingerprint density at radius 3 is 2.35 bits per heavy atom. The van der Waals surface area contributed by atoms with Crippen LogP contribution in [0.1, 0.15) is 58.8 Å². The predicted octanol–water partition coefficient (Wildman–Crippen LogP) is 2.11. The summed E-state index contributed by atoms with van der Waals surface area (Å²) in [6.07, 6.45) is 8.48. The number of fused-ring (bicyclic) bond motifs is 1. The fraction of sp³-hybridized carbons (Fsp3) is 0.900. The van der Waals surface area contributed by atoms with E-state index in [1.165, 1.54) is 37.0 Å². The molecule has 6 nitrogen and oxygen atoms in total. The summed E-state index contributed by atoms with van der Waals surface area (Å²) >= 11 is 0. The first kappa shape index (κ1) is 17.0. The molecule has 0 spiro atoms. The first-order valence-electron chi connectivity index (χ1n) is 10.7. The van der Waals surface area contributed by atoms with Crippen molar-refractivity contribution in [3.8, 4) is 0 Å². The van der Waals surface area contributed by atoms with Gasteiger partial charge in [0.25, 0.3) is 5.91 Å². The first-order chi connectivity index (χ1) is 12.6. The van der Waals surface area contributed by atoms with Crippen LogP contribution in [-0.4, -0.2) is 53.2 Å². The van der Waals surface area contributed by atoms with Gasteiger partial charge in [-0.25, -0.2) is 4.79 Å². The summed E-state index contributed by atoms with van der Waals surface area (Å²) in [6.45, 7) is 5.34. The van der Waals surface area contributed by atoms with Gasteiger partial charge in [-0.3, -0.25) is 20.3 Å². The van der Waals surface area contributed by atoms with Gasteiger partial charge in [0.2, 0.25) is 0 Å². The third kappa shape index (κ3) is 2.18. The first-order valence-corrected chi connectivity index (χ1v) is 10.7. The zero-order chi connectivity index (χ0) is 18.1. The van der Waals surface area contributed by atoms with Crippen LogP contribution in [0.4, 0.5) is 4.79 Å². The van der Waals surface area contributed by atoms with Crippen molar-refractivity contribution in [1.82, 2.24) is 20.4 Å². The van der Waals surface area contributed by atoms with Crippen LogP contribution in [0.25, 0.3) is 0 Å². The molecular formula is C20H32N4O2. The molecule has 2 N–H and O–H groups in total. The minimum atomic E-state index is -0.289. The molecule has 2 saturated heterocycles. The van der Waals surface area contributed by atoms with E-state index in [-0.39, 0.29) is 30.3 Å². The van der Waals surface area contributed by atoms with Gasteiger partial charge >= 0.3 is 6.03 Å². The lowest BCUT2D eigenvalue weighted by molar-refractivity contribution is -0.135. The Bertz CT molecular complexity index is 609.